The van der Waals surface area contributed by atoms with Crippen LogP contribution in [-0.4, -0.2) is 69.9 Å². The van der Waals surface area contributed by atoms with Gasteiger partial charge in [-0.1, -0.05) is 18.2 Å². The number of nitrogens with one attached hydrogen (secondary N) is 1. The van der Waals surface area contributed by atoms with Crippen LogP contribution in [-0.2, 0) is 22.4 Å². The second-order valence-electron chi connectivity index (χ2n) is 8.04. The van der Waals surface area contributed by atoms with Crippen molar-refractivity contribution in [3.8, 4) is 17.2 Å². The van der Waals surface area contributed by atoms with Gasteiger partial charge in [0.25, 0.3) is 0 Å². The Hall–Kier alpha value is -3.37. The molecule has 0 aliphatic rings. The van der Waals surface area contributed by atoms with Crippen LogP contribution < -0.4 is 24.4 Å². The molecule has 0 fully saturated rings. The maximum Gasteiger partial charge on any atom is 0.221 e. The minimum absolute atomic E-state index is 0.0148. The summed E-state index contributed by atoms with van der Waals surface area (Å²) >= 11 is 1.33. The number of hydrogen-bond acceptors (Lipinski definition) is 9. The zero-order chi connectivity index (χ0) is 25.8. The Kier molecular flexibility index (Phi) is 10.8. The van der Waals surface area contributed by atoms with Gasteiger partial charge >= 0.3 is 0 Å². The number of carbonyl (C=O) groups excluding carboxylic acids is 1. The smallest absolute Gasteiger partial charge is 0.221 e. The van der Waals surface area contributed by atoms with Gasteiger partial charge in [-0.25, -0.2) is 4.98 Å². The summed E-state index contributed by atoms with van der Waals surface area (Å²) in [6.07, 6.45) is 1.66. The lowest BCUT2D eigenvalue weighted by Gasteiger charge is -2.20. The largest absolute Gasteiger partial charge is 0.497 e. The average molecular weight is 515 g/mol. The van der Waals surface area contributed by atoms with Gasteiger partial charge in [-0.15, -0.1) is 0 Å². The van der Waals surface area contributed by atoms with Crippen LogP contribution in [0.1, 0.15) is 23.4 Å². The normalized spacial score (nSPS) is 10.7. The highest BCUT2D eigenvalue weighted by molar-refractivity contribution is 7.09. The van der Waals surface area contributed by atoms with E-state index in [1.807, 2.05) is 47.4 Å². The van der Waals surface area contributed by atoms with Crippen LogP contribution in [0.15, 0.2) is 42.5 Å². The molecule has 1 N–H and O–H groups in total. The molecule has 1 aromatic heterocycles. The van der Waals surface area contributed by atoms with E-state index in [9.17, 15) is 4.79 Å². The van der Waals surface area contributed by atoms with Crippen LogP contribution in [0.5, 0.6) is 17.2 Å². The lowest BCUT2D eigenvalue weighted by molar-refractivity contribution is -0.120. The third kappa shape index (κ3) is 8.10. The van der Waals surface area contributed by atoms with Crippen molar-refractivity contribution in [2.75, 3.05) is 59.6 Å². The number of aromatic nitrogens is 2. The molecule has 1 amide bonds. The molecule has 0 spiro atoms. The summed E-state index contributed by atoms with van der Waals surface area (Å²) in [6.45, 7) is 2.23. The van der Waals surface area contributed by atoms with E-state index in [0.717, 1.165) is 27.8 Å². The third-order valence-corrected chi connectivity index (χ3v) is 6.40. The molecule has 0 saturated heterocycles. The van der Waals surface area contributed by atoms with Crippen molar-refractivity contribution >= 4 is 22.6 Å². The quantitative estimate of drug-likeness (QED) is 0.330. The summed E-state index contributed by atoms with van der Waals surface area (Å²) in [5.41, 5.74) is 2.14. The first-order valence-corrected chi connectivity index (χ1v) is 12.5. The predicted molar refractivity (Wildman–Crippen MR) is 141 cm³/mol. The number of methoxy groups -OCH3 is 4. The van der Waals surface area contributed by atoms with E-state index in [4.69, 9.17) is 23.9 Å². The van der Waals surface area contributed by atoms with Crippen LogP contribution in [0.25, 0.3) is 0 Å². The molecular weight excluding hydrogens is 480 g/mol. The average Bonchev–Trinajstić information content (AvgIpc) is 3.36. The SMILES string of the molecule is COCCN(CCC(=O)NCCc1ccc(OC)c(OC)c1)c1nc(Cc2cccc(OC)c2)ns1. The fourth-order valence-electron chi connectivity index (χ4n) is 3.62. The molecule has 0 radical (unpaired) electrons. The molecule has 3 aromatic rings. The van der Waals surface area contributed by atoms with Crippen molar-refractivity contribution < 1.29 is 23.7 Å². The van der Waals surface area contributed by atoms with Gasteiger partial charge < -0.3 is 29.2 Å². The first-order chi connectivity index (χ1) is 17.6. The minimum atomic E-state index is -0.0148. The van der Waals surface area contributed by atoms with E-state index in [1.54, 1.807) is 28.4 Å². The molecule has 10 heteroatoms. The summed E-state index contributed by atoms with van der Waals surface area (Å²) in [6, 6.07) is 13.6. The third-order valence-electron chi connectivity index (χ3n) is 5.58. The van der Waals surface area contributed by atoms with Crippen molar-refractivity contribution in [1.29, 1.82) is 0 Å². The number of amides is 1. The van der Waals surface area contributed by atoms with Crippen LogP contribution >= 0.6 is 11.5 Å². The second-order valence-corrected chi connectivity index (χ2v) is 8.77. The Labute approximate surface area is 216 Å². The molecule has 0 bridgehead atoms. The summed E-state index contributed by atoms with van der Waals surface area (Å²) in [7, 11) is 6.53. The molecule has 3 rings (SSSR count). The fourth-order valence-corrected chi connectivity index (χ4v) is 4.36. The molecule has 36 heavy (non-hydrogen) atoms. The van der Waals surface area contributed by atoms with Crippen molar-refractivity contribution in [3.05, 3.63) is 59.4 Å². The van der Waals surface area contributed by atoms with Gasteiger partial charge in [0.05, 0.1) is 27.9 Å². The molecule has 0 aliphatic carbocycles. The Balaban J connectivity index is 1.51. The molecule has 1 heterocycles. The van der Waals surface area contributed by atoms with Gasteiger partial charge in [0.15, 0.2) is 11.5 Å². The Morgan fingerprint density at radius 1 is 0.972 bits per heavy atom. The van der Waals surface area contributed by atoms with Crippen LogP contribution in [0, 0.1) is 0 Å². The monoisotopic (exact) mass is 514 g/mol. The number of carbonyl (C=O) groups is 1. The van der Waals surface area contributed by atoms with Gasteiger partial charge in [-0.05, 0) is 41.8 Å². The van der Waals surface area contributed by atoms with E-state index >= 15 is 0 Å². The maximum atomic E-state index is 12.5. The Bertz CT molecular complexity index is 1110. The van der Waals surface area contributed by atoms with Crippen molar-refractivity contribution in [1.82, 2.24) is 14.7 Å². The van der Waals surface area contributed by atoms with Crippen LogP contribution in [0.4, 0.5) is 5.13 Å². The molecule has 0 unspecified atom stereocenters. The molecule has 9 nitrogen and oxygen atoms in total. The number of benzene rings is 2. The van der Waals surface area contributed by atoms with Crippen molar-refractivity contribution in [3.63, 3.8) is 0 Å². The zero-order valence-electron chi connectivity index (χ0n) is 21.3. The van der Waals surface area contributed by atoms with E-state index in [0.29, 0.717) is 57.0 Å². The summed E-state index contributed by atoms with van der Waals surface area (Å²) < 4.78 is 25.7. The van der Waals surface area contributed by atoms with E-state index in [1.165, 1.54) is 11.5 Å². The lowest BCUT2D eigenvalue weighted by Crippen LogP contribution is -2.33. The minimum Gasteiger partial charge on any atom is -0.497 e. The number of nitrogens with zero attached hydrogens (tertiary/aromatic N) is 3. The van der Waals surface area contributed by atoms with Gasteiger partial charge in [-0.3, -0.25) is 4.79 Å². The van der Waals surface area contributed by atoms with Crippen LogP contribution in [0.2, 0.25) is 0 Å². The van der Waals surface area contributed by atoms with E-state index in [2.05, 4.69) is 9.69 Å². The summed E-state index contributed by atoms with van der Waals surface area (Å²) in [4.78, 5) is 19.3. The van der Waals surface area contributed by atoms with Crippen molar-refractivity contribution in [2.24, 2.45) is 0 Å². The summed E-state index contributed by atoms with van der Waals surface area (Å²) in [5, 5.41) is 3.78. The molecule has 0 aliphatic heterocycles. The predicted octanol–water partition coefficient (Wildman–Crippen LogP) is 3.36. The van der Waals surface area contributed by atoms with Crippen molar-refractivity contribution in [2.45, 2.75) is 19.3 Å². The highest BCUT2D eigenvalue weighted by Crippen LogP contribution is 2.27. The van der Waals surface area contributed by atoms with Gasteiger partial charge in [0.1, 0.15) is 11.6 Å². The number of ether oxygens (including phenoxy) is 4. The Morgan fingerprint density at radius 3 is 2.56 bits per heavy atom. The van der Waals surface area contributed by atoms with Gasteiger partial charge in [-0.2, -0.15) is 4.37 Å². The first-order valence-electron chi connectivity index (χ1n) is 11.7. The lowest BCUT2D eigenvalue weighted by atomic mass is 10.1. The van der Waals surface area contributed by atoms with Gasteiger partial charge in [0, 0.05) is 51.1 Å². The summed E-state index contributed by atoms with van der Waals surface area (Å²) in [5.74, 6) is 2.90. The number of anilines is 1. The highest BCUT2D eigenvalue weighted by Gasteiger charge is 2.15. The topological polar surface area (TPSA) is 95.0 Å². The molecule has 0 saturated carbocycles. The molecule has 2 aromatic carbocycles. The molecule has 0 atom stereocenters. The molecule has 194 valence electrons. The van der Waals surface area contributed by atoms with E-state index in [-0.39, 0.29) is 5.91 Å². The van der Waals surface area contributed by atoms with Crippen LogP contribution in [0.3, 0.4) is 0 Å². The number of hydrogen-bond donors (Lipinski definition) is 1. The second kappa shape index (κ2) is 14.3. The fraction of sp³-hybridized carbons (Fsp3) is 0.423. The zero-order valence-corrected chi connectivity index (χ0v) is 22.1. The maximum absolute atomic E-state index is 12.5. The first kappa shape index (κ1) is 27.2. The Morgan fingerprint density at radius 2 is 1.81 bits per heavy atom. The van der Waals surface area contributed by atoms with Gasteiger partial charge in [0.2, 0.25) is 11.0 Å². The standard InChI is InChI=1S/C26H34N4O5S/c1-32-15-14-30(26-28-24(29-36-26)18-20-6-5-7-21(16-20)33-2)13-11-25(31)27-12-10-19-8-9-22(34-3)23(17-19)35-4/h5-9,16-17H,10-15,18H2,1-4H3,(H,27,31). The number of rotatable bonds is 15. The molecular formula is C26H34N4O5S. The highest BCUT2D eigenvalue weighted by atomic mass is 32.1. The van der Waals surface area contributed by atoms with E-state index < -0.39 is 0 Å².